The molecule has 7 heteroatoms. The molecule has 1 aliphatic rings. The highest BCUT2D eigenvalue weighted by Gasteiger charge is 2.29. The Morgan fingerprint density at radius 2 is 1.83 bits per heavy atom. The molecule has 29 heavy (non-hydrogen) atoms. The van der Waals surface area contributed by atoms with E-state index in [0.29, 0.717) is 17.5 Å². The van der Waals surface area contributed by atoms with Gasteiger partial charge in [0.15, 0.2) is 5.82 Å². The first-order chi connectivity index (χ1) is 14.2. The summed E-state index contributed by atoms with van der Waals surface area (Å²) in [7, 11) is 1.67. The number of aryl methyl sites for hydroxylation is 1. The van der Waals surface area contributed by atoms with Crippen molar-refractivity contribution in [2.45, 2.75) is 51.2 Å². The summed E-state index contributed by atoms with van der Waals surface area (Å²) in [6, 6.07) is 11.7. The number of hydrogen-bond acceptors (Lipinski definition) is 5. The van der Waals surface area contributed by atoms with Crippen molar-refractivity contribution in [2.24, 2.45) is 0 Å². The average Bonchev–Trinajstić information content (AvgIpc) is 3.15. The summed E-state index contributed by atoms with van der Waals surface area (Å²) < 4.78 is 13.6. The molecule has 1 aliphatic carbocycles. The molecule has 0 amide bonds. The van der Waals surface area contributed by atoms with Crippen LogP contribution in [0, 0.1) is 6.92 Å². The van der Waals surface area contributed by atoms with Gasteiger partial charge in [0.1, 0.15) is 18.2 Å². The lowest BCUT2D eigenvalue weighted by molar-refractivity contribution is 0.143. The Morgan fingerprint density at radius 1 is 1.07 bits per heavy atom. The quantitative estimate of drug-likeness (QED) is 0.577. The minimum absolute atomic E-state index is 0.208. The number of hydrogen-bond donors (Lipinski definition) is 0. The van der Waals surface area contributed by atoms with Crippen LogP contribution < -0.4 is 4.74 Å². The van der Waals surface area contributed by atoms with Gasteiger partial charge in [-0.3, -0.25) is 9.55 Å². The van der Waals surface area contributed by atoms with Gasteiger partial charge < -0.3 is 9.47 Å². The predicted molar refractivity (Wildman–Crippen MR) is 112 cm³/mol. The van der Waals surface area contributed by atoms with E-state index in [1.807, 2.05) is 43.3 Å². The third kappa shape index (κ3) is 4.43. The monoisotopic (exact) mass is 412 g/mol. The SMILES string of the molecule is COCc1nnc(C2CCC(Oc3cccnc3C)CC2)n1-c1ccc(Cl)cc1. The van der Waals surface area contributed by atoms with Crippen molar-refractivity contribution >= 4 is 11.6 Å². The molecule has 0 saturated heterocycles. The number of methoxy groups -OCH3 is 1. The van der Waals surface area contributed by atoms with E-state index < -0.39 is 0 Å². The molecule has 0 unspecified atom stereocenters. The van der Waals surface area contributed by atoms with E-state index in [4.69, 9.17) is 21.1 Å². The molecule has 152 valence electrons. The lowest BCUT2D eigenvalue weighted by atomic mass is 9.86. The average molecular weight is 413 g/mol. The Bertz CT molecular complexity index is 950. The van der Waals surface area contributed by atoms with Crippen molar-refractivity contribution in [3.8, 4) is 11.4 Å². The summed E-state index contributed by atoms with van der Waals surface area (Å²) in [6.07, 6.45) is 5.96. The molecule has 0 radical (unpaired) electrons. The molecular weight excluding hydrogens is 388 g/mol. The van der Waals surface area contributed by atoms with E-state index in [2.05, 4.69) is 19.7 Å². The summed E-state index contributed by atoms with van der Waals surface area (Å²) in [5.74, 6) is 2.99. The summed E-state index contributed by atoms with van der Waals surface area (Å²) in [4.78, 5) is 4.31. The van der Waals surface area contributed by atoms with Crippen LogP contribution in [0.5, 0.6) is 5.75 Å². The largest absolute Gasteiger partial charge is 0.489 e. The van der Waals surface area contributed by atoms with Gasteiger partial charge in [-0.2, -0.15) is 0 Å². The second-order valence-corrected chi connectivity index (χ2v) is 7.83. The molecule has 0 spiro atoms. The predicted octanol–water partition coefficient (Wildman–Crippen LogP) is 4.88. The maximum Gasteiger partial charge on any atom is 0.163 e. The van der Waals surface area contributed by atoms with E-state index in [1.165, 1.54) is 0 Å². The fourth-order valence-electron chi connectivity index (χ4n) is 3.90. The number of benzene rings is 1. The molecule has 1 fully saturated rings. The molecule has 1 saturated carbocycles. The fourth-order valence-corrected chi connectivity index (χ4v) is 4.03. The van der Waals surface area contributed by atoms with Crippen molar-refractivity contribution in [3.63, 3.8) is 0 Å². The van der Waals surface area contributed by atoms with Gasteiger partial charge in [0, 0.05) is 29.9 Å². The molecule has 1 aromatic carbocycles. The number of aromatic nitrogens is 4. The second-order valence-electron chi connectivity index (χ2n) is 7.40. The van der Waals surface area contributed by atoms with Crippen molar-refractivity contribution < 1.29 is 9.47 Å². The van der Waals surface area contributed by atoms with Crippen LogP contribution in [-0.2, 0) is 11.3 Å². The number of pyridine rings is 1. The van der Waals surface area contributed by atoms with Crippen molar-refractivity contribution in [2.75, 3.05) is 7.11 Å². The van der Waals surface area contributed by atoms with Gasteiger partial charge >= 0.3 is 0 Å². The molecule has 0 aliphatic heterocycles. The molecule has 0 N–H and O–H groups in total. The second kappa shape index (κ2) is 8.93. The molecule has 2 aromatic heterocycles. The Labute approximate surface area is 175 Å². The van der Waals surface area contributed by atoms with Gasteiger partial charge in [0.05, 0.1) is 11.8 Å². The minimum Gasteiger partial charge on any atom is -0.489 e. The zero-order chi connectivity index (χ0) is 20.2. The number of rotatable bonds is 6. The first-order valence-corrected chi connectivity index (χ1v) is 10.3. The van der Waals surface area contributed by atoms with Gasteiger partial charge in [0.2, 0.25) is 0 Å². The Morgan fingerprint density at radius 3 is 2.52 bits per heavy atom. The van der Waals surface area contributed by atoms with Crippen LogP contribution in [0.3, 0.4) is 0 Å². The lowest BCUT2D eigenvalue weighted by Crippen LogP contribution is -2.25. The summed E-state index contributed by atoms with van der Waals surface area (Å²) in [6.45, 7) is 2.39. The van der Waals surface area contributed by atoms with Gasteiger partial charge in [-0.15, -0.1) is 10.2 Å². The number of nitrogens with zero attached hydrogens (tertiary/aromatic N) is 4. The summed E-state index contributed by atoms with van der Waals surface area (Å²) >= 11 is 6.07. The molecular formula is C22H25ClN4O2. The third-order valence-electron chi connectivity index (χ3n) is 5.40. The maximum atomic E-state index is 6.20. The molecule has 0 atom stereocenters. The van der Waals surface area contributed by atoms with Gasteiger partial charge in [-0.1, -0.05) is 11.6 Å². The Kier molecular flexibility index (Phi) is 6.11. The van der Waals surface area contributed by atoms with Crippen molar-refractivity contribution in [1.82, 2.24) is 19.7 Å². The summed E-state index contributed by atoms with van der Waals surface area (Å²) in [5, 5.41) is 9.63. The van der Waals surface area contributed by atoms with Crippen LogP contribution in [0.4, 0.5) is 0 Å². The molecule has 3 aromatic rings. The number of ether oxygens (including phenoxy) is 2. The van der Waals surface area contributed by atoms with E-state index >= 15 is 0 Å². The van der Waals surface area contributed by atoms with Crippen LogP contribution in [0.2, 0.25) is 5.02 Å². The van der Waals surface area contributed by atoms with Gasteiger partial charge in [-0.05, 0) is 69.0 Å². The highest BCUT2D eigenvalue weighted by molar-refractivity contribution is 6.30. The maximum absolute atomic E-state index is 6.20. The van der Waals surface area contributed by atoms with Gasteiger partial charge in [0.25, 0.3) is 0 Å². The first-order valence-electron chi connectivity index (χ1n) is 9.93. The zero-order valence-corrected chi connectivity index (χ0v) is 17.5. The van der Waals surface area contributed by atoms with Crippen LogP contribution in [0.15, 0.2) is 42.6 Å². The smallest absolute Gasteiger partial charge is 0.163 e. The fraction of sp³-hybridized carbons (Fsp3) is 0.409. The van der Waals surface area contributed by atoms with E-state index in [1.54, 1.807) is 13.3 Å². The topological polar surface area (TPSA) is 62.1 Å². The van der Waals surface area contributed by atoms with Crippen molar-refractivity contribution in [3.05, 3.63) is 65.0 Å². The minimum atomic E-state index is 0.208. The molecule has 4 rings (SSSR count). The van der Waals surface area contributed by atoms with Crippen LogP contribution in [-0.4, -0.2) is 33.0 Å². The summed E-state index contributed by atoms with van der Waals surface area (Å²) in [5.41, 5.74) is 1.94. The standard InChI is InChI=1S/C22H25ClN4O2/c1-15-20(4-3-13-24-15)29-19-11-5-16(6-12-19)22-26-25-21(14-28-2)27(22)18-9-7-17(23)8-10-18/h3-4,7-10,13,16,19H,5-6,11-12,14H2,1-2H3. The Balaban J connectivity index is 1.51. The van der Waals surface area contributed by atoms with Crippen LogP contribution >= 0.6 is 11.6 Å². The van der Waals surface area contributed by atoms with E-state index in [9.17, 15) is 0 Å². The van der Waals surface area contributed by atoms with Gasteiger partial charge in [-0.25, -0.2) is 0 Å². The zero-order valence-electron chi connectivity index (χ0n) is 16.7. The van der Waals surface area contributed by atoms with Crippen molar-refractivity contribution in [1.29, 1.82) is 0 Å². The van der Waals surface area contributed by atoms with E-state index in [-0.39, 0.29) is 6.10 Å². The Hall–Kier alpha value is -2.44. The molecule has 6 nitrogen and oxygen atoms in total. The molecule has 0 bridgehead atoms. The van der Waals surface area contributed by atoms with Crippen LogP contribution in [0.25, 0.3) is 5.69 Å². The normalized spacial score (nSPS) is 19.3. The number of halogens is 1. The highest BCUT2D eigenvalue weighted by Crippen LogP contribution is 2.35. The third-order valence-corrected chi connectivity index (χ3v) is 5.66. The lowest BCUT2D eigenvalue weighted by Gasteiger charge is -2.29. The molecule has 2 heterocycles. The van der Waals surface area contributed by atoms with Crippen LogP contribution in [0.1, 0.15) is 48.9 Å². The van der Waals surface area contributed by atoms with E-state index in [0.717, 1.165) is 54.5 Å². The first kappa shape index (κ1) is 19.9. The highest BCUT2D eigenvalue weighted by atomic mass is 35.5.